The molecule has 166 valence electrons. The summed E-state index contributed by atoms with van der Waals surface area (Å²) in [4.78, 5) is 12.9. The van der Waals surface area contributed by atoms with Gasteiger partial charge in [0.15, 0.2) is 5.75 Å². The number of phenolic OH excluding ortho intramolecular Hbond substituents is 2. The van der Waals surface area contributed by atoms with Crippen molar-refractivity contribution in [3.63, 3.8) is 0 Å². The molecule has 0 aromatic heterocycles. The molecular weight excluding hydrogens is 414 g/mol. The van der Waals surface area contributed by atoms with Crippen LogP contribution >= 0.6 is 0 Å². The van der Waals surface area contributed by atoms with Gasteiger partial charge in [-0.15, -0.1) is 10.2 Å². The molecule has 0 atom stereocenters. The number of phenols is 2. The van der Waals surface area contributed by atoms with Crippen LogP contribution in [0.1, 0.15) is 36.7 Å². The van der Waals surface area contributed by atoms with E-state index in [1.54, 1.807) is 36.4 Å². The van der Waals surface area contributed by atoms with Crippen molar-refractivity contribution in [2.45, 2.75) is 26.2 Å². The van der Waals surface area contributed by atoms with Crippen LogP contribution in [0.3, 0.4) is 0 Å². The molecule has 0 aliphatic rings. The number of aromatic hydroxyl groups is 2. The lowest BCUT2D eigenvalue weighted by atomic mass is 9.87. The molecule has 0 aliphatic carbocycles. The molecule has 33 heavy (non-hydrogen) atoms. The van der Waals surface area contributed by atoms with Gasteiger partial charge in [-0.3, -0.25) is 4.79 Å². The van der Waals surface area contributed by atoms with Gasteiger partial charge in [-0.1, -0.05) is 69.3 Å². The van der Waals surface area contributed by atoms with Gasteiger partial charge >= 0.3 is 0 Å². The van der Waals surface area contributed by atoms with Gasteiger partial charge in [-0.05, 0) is 46.7 Å². The second-order valence-electron chi connectivity index (χ2n) is 8.82. The maximum Gasteiger partial charge on any atom is 0.259 e. The summed E-state index contributed by atoms with van der Waals surface area (Å²) in [5.74, 6) is -0.760. The minimum Gasteiger partial charge on any atom is -0.506 e. The zero-order valence-electron chi connectivity index (χ0n) is 18.7. The minimum atomic E-state index is -0.460. The summed E-state index contributed by atoms with van der Waals surface area (Å²) >= 11 is 0. The quantitative estimate of drug-likeness (QED) is 0.293. The van der Waals surface area contributed by atoms with Crippen LogP contribution in [-0.2, 0) is 5.41 Å². The van der Waals surface area contributed by atoms with E-state index < -0.39 is 5.91 Å². The number of para-hydroxylation sites is 1. The van der Waals surface area contributed by atoms with Crippen molar-refractivity contribution in [1.82, 2.24) is 0 Å². The second kappa shape index (κ2) is 8.74. The van der Waals surface area contributed by atoms with Gasteiger partial charge in [-0.2, -0.15) is 0 Å². The highest BCUT2D eigenvalue weighted by Crippen LogP contribution is 2.41. The molecule has 3 N–H and O–H groups in total. The van der Waals surface area contributed by atoms with Crippen LogP contribution in [0.2, 0.25) is 0 Å². The average Bonchev–Trinajstić information content (AvgIpc) is 2.79. The van der Waals surface area contributed by atoms with Crippen LogP contribution in [-0.4, -0.2) is 16.1 Å². The summed E-state index contributed by atoms with van der Waals surface area (Å²) in [6, 6.07) is 23.1. The van der Waals surface area contributed by atoms with Crippen LogP contribution in [0.5, 0.6) is 11.5 Å². The SMILES string of the molecule is CC(C)(C)c1ccc(O)c(N=Nc2c(O)c(C(=O)Nc3ccccc3)cc3ccccc23)c1. The molecule has 0 spiro atoms. The van der Waals surface area contributed by atoms with Gasteiger partial charge in [-0.25, -0.2) is 0 Å². The van der Waals surface area contributed by atoms with E-state index in [4.69, 9.17) is 0 Å². The van der Waals surface area contributed by atoms with Crippen molar-refractivity contribution in [2.24, 2.45) is 10.2 Å². The van der Waals surface area contributed by atoms with E-state index in [2.05, 4.69) is 36.3 Å². The van der Waals surface area contributed by atoms with Gasteiger partial charge < -0.3 is 15.5 Å². The summed E-state index contributed by atoms with van der Waals surface area (Å²) in [7, 11) is 0. The number of anilines is 1. The van der Waals surface area contributed by atoms with Crippen molar-refractivity contribution in [3.05, 3.63) is 90.0 Å². The topological polar surface area (TPSA) is 94.3 Å². The Kier molecular flexibility index (Phi) is 5.84. The normalized spacial score (nSPS) is 11.7. The highest BCUT2D eigenvalue weighted by Gasteiger charge is 2.19. The molecule has 6 nitrogen and oxygen atoms in total. The molecule has 1 amide bonds. The molecule has 4 rings (SSSR count). The van der Waals surface area contributed by atoms with Crippen molar-refractivity contribution in [3.8, 4) is 11.5 Å². The summed E-state index contributed by atoms with van der Waals surface area (Å²) in [6.07, 6.45) is 0. The fraction of sp³-hybridized carbons (Fsp3) is 0.148. The Morgan fingerprint density at radius 1 is 0.848 bits per heavy atom. The Balaban J connectivity index is 1.79. The van der Waals surface area contributed by atoms with Crippen molar-refractivity contribution in [1.29, 1.82) is 0 Å². The van der Waals surface area contributed by atoms with Crippen molar-refractivity contribution < 1.29 is 15.0 Å². The second-order valence-corrected chi connectivity index (χ2v) is 8.82. The lowest BCUT2D eigenvalue weighted by Gasteiger charge is -2.19. The lowest BCUT2D eigenvalue weighted by Crippen LogP contribution is -2.12. The first kappa shape index (κ1) is 22.0. The molecule has 0 heterocycles. The zero-order chi connectivity index (χ0) is 23.6. The van der Waals surface area contributed by atoms with Gasteiger partial charge in [0.05, 0.1) is 5.56 Å². The van der Waals surface area contributed by atoms with Crippen LogP contribution in [0.4, 0.5) is 17.1 Å². The van der Waals surface area contributed by atoms with Crippen LogP contribution in [0, 0.1) is 0 Å². The van der Waals surface area contributed by atoms with Gasteiger partial charge in [0.1, 0.15) is 17.1 Å². The van der Waals surface area contributed by atoms with Gasteiger partial charge in [0, 0.05) is 11.1 Å². The largest absolute Gasteiger partial charge is 0.506 e. The van der Waals surface area contributed by atoms with Crippen LogP contribution in [0.15, 0.2) is 89.1 Å². The number of rotatable bonds is 4. The number of nitrogens with zero attached hydrogens (tertiary/aromatic N) is 2. The average molecular weight is 440 g/mol. The number of carbonyl (C=O) groups is 1. The molecule has 4 aromatic rings. The predicted octanol–water partition coefficient (Wildman–Crippen LogP) is 7.22. The number of amides is 1. The van der Waals surface area contributed by atoms with E-state index in [0.717, 1.165) is 10.9 Å². The Bertz CT molecular complexity index is 1360. The molecule has 0 bridgehead atoms. The highest BCUT2D eigenvalue weighted by molar-refractivity contribution is 6.11. The van der Waals surface area contributed by atoms with Gasteiger partial charge in [0.2, 0.25) is 0 Å². The Morgan fingerprint density at radius 3 is 2.27 bits per heavy atom. The first-order valence-electron chi connectivity index (χ1n) is 10.6. The lowest BCUT2D eigenvalue weighted by molar-refractivity contribution is 0.102. The van der Waals surface area contributed by atoms with E-state index in [0.29, 0.717) is 11.1 Å². The summed E-state index contributed by atoms with van der Waals surface area (Å²) in [6.45, 7) is 6.19. The molecule has 4 aromatic carbocycles. The monoisotopic (exact) mass is 439 g/mol. The fourth-order valence-corrected chi connectivity index (χ4v) is 3.49. The zero-order valence-corrected chi connectivity index (χ0v) is 18.7. The van der Waals surface area contributed by atoms with E-state index in [9.17, 15) is 15.0 Å². The van der Waals surface area contributed by atoms with Crippen LogP contribution < -0.4 is 5.32 Å². The number of nitrogens with one attached hydrogen (secondary N) is 1. The molecule has 0 aliphatic heterocycles. The fourth-order valence-electron chi connectivity index (χ4n) is 3.49. The third-order valence-corrected chi connectivity index (χ3v) is 5.37. The van der Waals surface area contributed by atoms with Crippen LogP contribution in [0.25, 0.3) is 10.8 Å². The van der Waals surface area contributed by atoms with E-state index in [1.165, 1.54) is 0 Å². The number of hydrogen-bond donors (Lipinski definition) is 3. The molecule has 0 fully saturated rings. The molecule has 0 unspecified atom stereocenters. The predicted molar refractivity (Wildman–Crippen MR) is 131 cm³/mol. The molecule has 0 radical (unpaired) electrons. The maximum atomic E-state index is 12.9. The molecule has 0 saturated carbocycles. The highest BCUT2D eigenvalue weighted by atomic mass is 16.3. The number of fused-ring (bicyclic) bond motifs is 1. The standard InChI is InChI=1S/C27H25N3O3/c1-27(2,3)18-13-14-23(31)22(16-18)29-30-24-20-12-8-7-9-17(20)15-21(25(24)32)26(33)28-19-10-5-4-6-11-19/h4-16,31-32H,1-3H3,(H,28,33). The van der Waals surface area contributed by atoms with Crippen molar-refractivity contribution in [2.75, 3.05) is 5.32 Å². The molecule has 0 saturated heterocycles. The summed E-state index contributed by atoms with van der Waals surface area (Å²) in [5.41, 5.74) is 1.99. The van der Waals surface area contributed by atoms with Gasteiger partial charge in [0.25, 0.3) is 5.91 Å². The summed E-state index contributed by atoms with van der Waals surface area (Å²) in [5, 5.41) is 33.9. The van der Waals surface area contributed by atoms with E-state index >= 15 is 0 Å². The van der Waals surface area contributed by atoms with E-state index in [1.807, 2.05) is 42.5 Å². The van der Waals surface area contributed by atoms with Crippen molar-refractivity contribution >= 4 is 33.7 Å². The first-order chi connectivity index (χ1) is 15.7. The third kappa shape index (κ3) is 4.70. The Morgan fingerprint density at radius 2 is 1.55 bits per heavy atom. The number of hydrogen-bond acceptors (Lipinski definition) is 5. The maximum absolute atomic E-state index is 12.9. The minimum absolute atomic E-state index is 0.0199. The first-order valence-corrected chi connectivity index (χ1v) is 10.6. The number of carbonyl (C=O) groups excluding carboxylic acids is 1. The smallest absolute Gasteiger partial charge is 0.259 e. The number of azo groups is 1. The third-order valence-electron chi connectivity index (χ3n) is 5.37. The molecule has 6 heteroatoms. The molecular formula is C27H25N3O3. The van der Waals surface area contributed by atoms with E-state index in [-0.39, 0.29) is 33.9 Å². The Labute approximate surface area is 192 Å². The Hall–Kier alpha value is -4.19. The summed E-state index contributed by atoms with van der Waals surface area (Å²) < 4.78 is 0. The number of benzene rings is 4.